The van der Waals surface area contributed by atoms with Crippen molar-refractivity contribution in [3.8, 4) is 0 Å². The van der Waals surface area contributed by atoms with Crippen molar-refractivity contribution >= 4 is 0 Å². The number of unbranched alkanes of at least 4 members (excludes halogenated alkanes) is 2. The van der Waals surface area contributed by atoms with Crippen molar-refractivity contribution in [1.29, 1.82) is 0 Å². The van der Waals surface area contributed by atoms with E-state index in [1.165, 1.54) is 32.1 Å². The molecule has 0 saturated heterocycles. The molecule has 0 fully saturated rings. The van der Waals surface area contributed by atoms with E-state index in [0.29, 0.717) is 0 Å². The van der Waals surface area contributed by atoms with E-state index in [1.54, 1.807) is 0 Å². The van der Waals surface area contributed by atoms with Gasteiger partial charge in [0.2, 0.25) is 0 Å². The van der Waals surface area contributed by atoms with E-state index in [9.17, 15) is 0 Å². The smallest absolute Gasteiger partial charge is 0.0700 e. The van der Waals surface area contributed by atoms with Gasteiger partial charge in [0, 0.05) is 13.2 Å². The maximum Gasteiger partial charge on any atom is 0.0700 e. The number of hydrogen-bond donors (Lipinski definition) is 0. The third kappa shape index (κ3) is 10.4. The normalized spacial score (nSPS) is 12.9. The second kappa shape index (κ2) is 13.0. The van der Waals surface area contributed by atoms with Crippen molar-refractivity contribution in [2.45, 2.75) is 59.3 Å². The molecule has 0 heterocycles. The van der Waals surface area contributed by atoms with Crippen LogP contribution in [0.25, 0.3) is 0 Å². The van der Waals surface area contributed by atoms with E-state index in [1.807, 2.05) is 0 Å². The molecule has 1 atom stereocenters. The molecule has 0 aromatic rings. The lowest BCUT2D eigenvalue weighted by atomic mass is 10.0. The number of ether oxygens (including phenoxy) is 2. The Labute approximate surface area is 102 Å². The molecule has 0 aromatic carbocycles. The van der Waals surface area contributed by atoms with Crippen LogP contribution in [0.2, 0.25) is 0 Å². The molecule has 16 heavy (non-hydrogen) atoms. The zero-order valence-electron chi connectivity index (χ0n) is 11.5. The van der Waals surface area contributed by atoms with Crippen molar-refractivity contribution in [2.24, 2.45) is 5.92 Å². The molecule has 0 aliphatic rings. The van der Waals surface area contributed by atoms with Gasteiger partial charge < -0.3 is 9.47 Å². The molecule has 0 aliphatic heterocycles. The molecule has 0 bridgehead atoms. The van der Waals surface area contributed by atoms with E-state index < -0.39 is 0 Å². The molecular formula is C14H30O2. The van der Waals surface area contributed by atoms with Gasteiger partial charge in [-0.25, -0.2) is 0 Å². The Hall–Kier alpha value is -0.0800. The molecule has 2 nitrogen and oxygen atoms in total. The summed E-state index contributed by atoms with van der Waals surface area (Å²) >= 11 is 0. The van der Waals surface area contributed by atoms with Crippen molar-refractivity contribution < 1.29 is 9.47 Å². The molecule has 0 amide bonds. The van der Waals surface area contributed by atoms with E-state index in [4.69, 9.17) is 9.47 Å². The number of hydrogen-bond acceptors (Lipinski definition) is 2. The first-order valence-corrected chi connectivity index (χ1v) is 7.00. The average Bonchev–Trinajstić information content (AvgIpc) is 2.32. The Morgan fingerprint density at radius 1 is 0.812 bits per heavy atom. The van der Waals surface area contributed by atoms with E-state index >= 15 is 0 Å². The van der Waals surface area contributed by atoms with Crippen molar-refractivity contribution in [3.63, 3.8) is 0 Å². The molecular weight excluding hydrogens is 200 g/mol. The Morgan fingerprint density at radius 3 is 2.12 bits per heavy atom. The van der Waals surface area contributed by atoms with Crippen molar-refractivity contribution in [2.75, 3.05) is 26.4 Å². The lowest BCUT2D eigenvalue weighted by Gasteiger charge is -2.14. The van der Waals surface area contributed by atoms with Gasteiger partial charge in [-0.2, -0.15) is 0 Å². The van der Waals surface area contributed by atoms with E-state index in [0.717, 1.165) is 38.8 Å². The first kappa shape index (κ1) is 15.9. The average molecular weight is 230 g/mol. The quantitative estimate of drug-likeness (QED) is 0.471. The van der Waals surface area contributed by atoms with Crippen LogP contribution < -0.4 is 0 Å². The molecule has 98 valence electrons. The van der Waals surface area contributed by atoms with Crippen LogP contribution in [0.3, 0.4) is 0 Å². The van der Waals surface area contributed by atoms with Crippen LogP contribution in [0.1, 0.15) is 59.3 Å². The number of rotatable bonds is 12. The van der Waals surface area contributed by atoms with Gasteiger partial charge in [-0.3, -0.25) is 0 Å². The standard InChI is InChI=1S/C14H30O2/c1-4-7-9-14(6-3)13-16-12-11-15-10-8-5-2/h14H,4-13H2,1-3H3. The Bertz CT molecular complexity index is 126. The summed E-state index contributed by atoms with van der Waals surface area (Å²) in [6, 6.07) is 0. The van der Waals surface area contributed by atoms with Gasteiger partial charge in [0.15, 0.2) is 0 Å². The summed E-state index contributed by atoms with van der Waals surface area (Å²) in [4.78, 5) is 0. The highest BCUT2D eigenvalue weighted by molar-refractivity contribution is 4.55. The Balaban J connectivity index is 3.20. The first-order chi connectivity index (χ1) is 7.85. The summed E-state index contributed by atoms with van der Waals surface area (Å²) in [5.74, 6) is 0.746. The fourth-order valence-electron chi connectivity index (χ4n) is 1.61. The van der Waals surface area contributed by atoms with Gasteiger partial charge in [-0.05, 0) is 18.8 Å². The summed E-state index contributed by atoms with van der Waals surface area (Å²) in [7, 11) is 0. The predicted molar refractivity (Wildman–Crippen MR) is 69.9 cm³/mol. The monoisotopic (exact) mass is 230 g/mol. The summed E-state index contributed by atoms with van der Waals surface area (Å²) in [6.45, 7) is 9.98. The van der Waals surface area contributed by atoms with E-state index in [-0.39, 0.29) is 0 Å². The zero-order chi connectivity index (χ0) is 12.1. The maximum atomic E-state index is 5.64. The Morgan fingerprint density at radius 2 is 1.50 bits per heavy atom. The highest BCUT2D eigenvalue weighted by Gasteiger charge is 2.05. The van der Waals surface area contributed by atoms with Crippen LogP contribution in [0.15, 0.2) is 0 Å². The highest BCUT2D eigenvalue weighted by atomic mass is 16.5. The van der Waals surface area contributed by atoms with Gasteiger partial charge >= 0.3 is 0 Å². The lowest BCUT2D eigenvalue weighted by Crippen LogP contribution is -2.12. The Kier molecular flexibility index (Phi) is 12.9. The SMILES string of the molecule is CCCCOCCOCC(CC)CCCC. The third-order valence-electron chi connectivity index (χ3n) is 2.91. The second-order valence-corrected chi connectivity index (χ2v) is 4.46. The molecule has 0 spiro atoms. The first-order valence-electron chi connectivity index (χ1n) is 7.00. The van der Waals surface area contributed by atoms with Crippen LogP contribution in [0.5, 0.6) is 0 Å². The summed E-state index contributed by atoms with van der Waals surface area (Å²) in [6.07, 6.45) is 7.52. The summed E-state index contributed by atoms with van der Waals surface area (Å²) in [5, 5.41) is 0. The van der Waals surface area contributed by atoms with Crippen molar-refractivity contribution in [1.82, 2.24) is 0 Å². The molecule has 0 radical (unpaired) electrons. The maximum absolute atomic E-state index is 5.64. The molecule has 0 aromatic heterocycles. The van der Waals surface area contributed by atoms with E-state index in [2.05, 4.69) is 20.8 Å². The molecule has 0 N–H and O–H groups in total. The van der Waals surface area contributed by atoms with Gasteiger partial charge in [0.25, 0.3) is 0 Å². The van der Waals surface area contributed by atoms with Crippen LogP contribution in [-0.4, -0.2) is 26.4 Å². The molecule has 0 rings (SSSR count). The lowest BCUT2D eigenvalue weighted by molar-refractivity contribution is 0.0305. The van der Waals surface area contributed by atoms with Crippen LogP contribution in [-0.2, 0) is 9.47 Å². The molecule has 0 saturated carbocycles. The summed E-state index contributed by atoms with van der Waals surface area (Å²) < 4.78 is 11.1. The van der Waals surface area contributed by atoms with Crippen LogP contribution >= 0.6 is 0 Å². The fraction of sp³-hybridized carbons (Fsp3) is 1.00. The van der Waals surface area contributed by atoms with Gasteiger partial charge in [-0.15, -0.1) is 0 Å². The molecule has 0 aliphatic carbocycles. The van der Waals surface area contributed by atoms with Gasteiger partial charge in [0.05, 0.1) is 13.2 Å². The van der Waals surface area contributed by atoms with Crippen LogP contribution in [0.4, 0.5) is 0 Å². The third-order valence-corrected chi connectivity index (χ3v) is 2.91. The second-order valence-electron chi connectivity index (χ2n) is 4.46. The zero-order valence-corrected chi connectivity index (χ0v) is 11.5. The summed E-state index contributed by atoms with van der Waals surface area (Å²) in [5.41, 5.74) is 0. The minimum Gasteiger partial charge on any atom is -0.379 e. The predicted octanol–water partition coefficient (Wildman–Crippen LogP) is 4.04. The molecule has 1 unspecified atom stereocenters. The molecule has 2 heteroatoms. The topological polar surface area (TPSA) is 18.5 Å². The van der Waals surface area contributed by atoms with Crippen molar-refractivity contribution in [3.05, 3.63) is 0 Å². The highest BCUT2D eigenvalue weighted by Crippen LogP contribution is 2.12. The van der Waals surface area contributed by atoms with Crippen LogP contribution in [0, 0.1) is 5.92 Å². The largest absolute Gasteiger partial charge is 0.379 e. The fourth-order valence-corrected chi connectivity index (χ4v) is 1.61. The minimum absolute atomic E-state index is 0.746. The minimum atomic E-state index is 0.746. The van der Waals surface area contributed by atoms with Gasteiger partial charge in [-0.1, -0.05) is 46.5 Å². The van der Waals surface area contributed by atoms with Gasteiger partial charge in [0.1, 0.15) is 0 Å².